The fourth-order valence-corrected chi connectivity index (χ4v) is 8.15. The van der Waals surface area contributed by atoms with E-state index >= 15 is 0 Å². The summed E-state index contributed by atoms with van der Waals surface area (Å²) in [5, 5.41) is 0. The van der Waals surface area contributed by atoms with Crippen LogP contribution in [0.3, 0.4) is 0 Å². The van der Waals surface area contributed by atoms with Crippen LogP contribution in [0.15, 0.2) is 225 Å². The summed E-state index contributed by atoms with van der Waals surface area (Å²) in [6.45, 7) is 0. The zero-order valence-electron chi connectivity index (χ0n) is 32.6. The number of aromatic nitrogens is 1. The number of aryl methyl sites for hydroxylation is 4. The monoisotopic (exact) mass is 743 g/mol. The average Bonchev–Trinajstić information content (AvgIpc) is 3.31. The third-order valence-corrected chi connectivity index (χ3v) is 11.1. The third-order valence-electron chi connectivity index (χ3n) is 11.1. The maximum atomic E-state index is 5.17. The summed E-state index contributed by atoms with van der Waals surface area (Å²) in [6.07, 6.45) is 6.06. The van der Waals surface area contributed by atoms with E-state index in [-0.39, 0.29) is 0 Å². The van der Waals surface area contributed by atoms with Gasteiger partial charge in [-0.2, -0.15) is 0 Å². The van der Waals surface area contributed by atoms with Crippen LogP contribution in [-0.4, -0.2) is 4.98 Å². The molecule has 1 heteroatoms. The molecule has 58 heavy (non-hydrogen) atoms. The van der Waals surface area contributed by atoms with Crippen LogP contribution in [-0.2, 0) is 25.7 Å². The van der Waals surface area contributed by atoms with Crippen molar-refractivity contribution < 1.29 is 0 Å². The van der Waals surface area contributed by atoms with Gasteiger partial charge in [0.05, 0.1) is 5.69 Å². The Morgan fingerprint density at radius 1 is 0.241 bits per heavy atom. The number of nitrogens with zero attached hydrogens (tertiary/aromatic N) is 1. The number of hydrogen-bond donors (Lipinski definition) is 0. The summed E-state index contributed by atoms with van der Waals surface area (Å²) in [7, 11) is 0. The number of benzene rings is 8. The first kappa shape index (κ1) is 36.5. The van der Waals surface area contributed by atoms with E-state index in [4.69, 9.17) is 4.98 Å². The number of rotatable bonds is 12. The second-order valence-corrected chi connectivity index (χ2v) is 15.0. The Labute approximate surface area is 343 Å². The minimum absolute atomic E-state index is 0.953. The Morgan fingerprint density at radius 3 is 1.29 bits per heavy atom. The molecule has 0 radical (unpaired) electrons. The van der Waals surface area contributed by atoms with Crippen LogP contribution >= 0.6 is 0 Å². The molecule has 1 heterocycles. The third kappa shape index (κ3) is 8.36. The van der Waals surface area contributed by atoms with E-state index < -0.39 is 0 Å². The molecule has 0 spiro atoms. The van der Waals surface area contributed by atoms with Gasteiger partial charge in [-0.1, -0.05) is 206 Å². The van der Waals surface area contributed by atoms with Gasteiger partial charge in [0.2, 0.25) is 0 Å². The van der Waals surface area contributed by atoms with Gasteiger partial charge in [-0.05, 0) is 110 Å². The van der Waals surface area contributed by atoms with Crippen molar-refractivity contribution in [2.75, 3.05) is 0 Å². The Balaban J connectivity index is 1.21. The van der Waals surface area contributed by atoms with E-state index in [0.29, 0.717) is 0 Å². The molecule has 0 fully saturated rings. The zero-order valence-corrected chi connectivity index (χ0v) is 32.6. The molecule has 9 aromatic rings. The Bertz CT molecular complexity index is 2680. The molecule has 1 nitrogen and oxygen atoms in total. The predicted octanol–water partition coefficient (Wildman–Crippen LogP) is 14.7. The van der Waals surface area contributed by atoms with Crippen molar-refractivity contribution in [3.05, 3.63) is 247 Å². The minimum atomic E-state index is 0.953. The van der Waals surface area contributed by atoms with Gasteiger partial charge >= 0.3 is 0 Å². The lowest BCUT2D eigenvalue weighted by atomic mass is 9.85. The lowest BCUT2D eigenvalue weighted by Gasteiger charge is -2.20. The summed E-state index contributed by atoms with van der Waals surface area (Å²) in [6, 6.07) is 79.1. The van der Waals surface area contributed by atoms with E-state index in [9.17, 15) is 0 Å². The normalized spacial score (nSPS) is 11.0. The van der Waals surface area contributed by atoms with Gasteiger partial charge in [-0.25, -0.2) is 0 Å². The highest BCUT2D eigenvalue weighted by molar-refractivity contribution is 5.97. The lowest BCUT2D eigenvalue weighted by Crippen LogP contribution is -1.98. The molecule has 0 aliphatic carbocycles. The number of hydrogen-bond acceptors (Lipinski definition) is 1. The van der Waals surface area contributed by atoms with Crippen molar-refractivity contribution in [3.8, 4) is 66.9 Å². The summed E-state index contributed by atoms with van der Waals surface area (Å²) in [5.74, 6) is 0. The molecule has 0 aliphatic heterocycles. The van der Waals surface area contributed by atoms with Crippen LogP contribution < -0.4 is 0 Å². The van der Waals surface area contributed by atoms with Crippen LogP contribution in [0.5, 0.6) is 0 Å². The first-order valence-corrected chi connectivity index (χ1v) is 20.4. The largest absolute Gasteiger partial charge is 0.256 e. The molecule has 278 valence electrons. The van der Waals surface area contributed by atoms with Gasteiger partial charge < -0.3 is 0 Å². The van der Waals surface area contributed by atoms with Crippen molar-refractivity contribution in [2.45, 2.75) is 25.7 Å². The maximum absolute atomic E-state index is 5.17. The molecular formula is C57H45N. The lowest BCUT2D eigenvalue weighted by molar-refractivity contribution is 0.931. The zero-order chi connectivity index (χ0) is 38.9. The smallest absolute Gasteiger partial charge is 0.0708 e. The molecule has 0 aliphatic rings. The number of pyridine rings is 1. The molecule has 0 N–H and O–H groups in total. The van der Waals surface area contributed by atoms with Crippen molar-refractivity contribution in [3.63, 3.8) is 0 Å². The van der Waals surface area contributed by atoms with Gasteiger partial charge in [0.15, 0.2) is 0 Å². The van der Waals surface area contributed by atoms with Crippen molar-refractivity contribution >= 4 is 0 Å². The maximum Gasteiger partial charge on any atom is 0.0708 e. The summed E-state index contributed by atoms with van der Waals surface area (Å²) in [4.78, 5) is 5.17. The van der Waals surface area contributed by atoms with Crippen molar-refractivity contribution in [1.29, 1.82) is 0 Å². The standard InChI is InChI=1S/C57H45N/c1-6-18-42(19-7-1)30-32-44-36-45(33-31-43-20-8-2-9-21-43)38-50(37-44)51-28-16-17-29-52(51)56-41-58-57(48-26-14-5-15-27-48)40-55(56)53-35-34-49(46-22-10-3-11-23-46)39-54(53)47-24-12-4-13-25-47/h1-29,34-41H,30-33H2. The topological polar surface area (TPSA) is 12.9 Å². The van der Waals surface area contributed by atoms with Crippen LogP contribution in [0.25, 0.3) is 66.9 Å². The molecule has 1 aromatic heterocycles. The first-order chi connectivity index (χ1) is 28.7. The van der Waals surface area contributed by atoms with E-state index in [1.807, 2.05) is 0 Å². The highest BCUT2D eigenvalue weighted by Gasteiger charge is 2.19. The van der Waals surface area contributed by atoms with Gasteiger partial charge in [-0.3, -0.25) is 4.98 Å². The predicted molar refractivity (Wildman–Crippen MR) is 245 cm³/mol. The van der Waals surface area contributed by atoms with Crippen LogP contribution in [0.2, 0.25) is 0 Å². The summed E-state index contributed by atoms with van der Waals surface area (Å²) in [5.41, 5.74) is 19.3. The van der Waals surface area contributed by atoms with E-state index in [1.54, 1.807) is 0 Å². The Kier molecular flexibility index (Phi) is 10.9. The molecule has 0 saturated carbocycles. The quantitative estimate of drug-likeness (QED) is 0.121. The van der Waals surface area contributed by atoms with E-state index in [2.05, 4.69) is 225 Å². The molecule has 8 aromatic carbocycles. The molecule has 0 saturated heterocycles. The molecular weight excluding hydrogens is 699 g/mol. The molecule has 0 atom stereocenters. The van der Waals surface area contributed by atoms with E-state index in [0.717, 1.165) is 48.1 Å². The van der Waals surface area contributed by atoms with E-state index in [1.165, 1.54) is 66.8 Å². The van der Waals surface area contributed by atoms with Gasteiger partial charge in [0, 0.05) is 17.3 Å². The van der Waals surface area contributed by atoms with Crippen molar-refractivity contribution in [1.82, 2.24) is 4.98 Å². The molecule has 0 bridgehead atoms. The highest BCUT2D eigenvalue weighted by atomic mass is 14.7. The first-order valence-electron chi connectivity index (χ1n) is 20.4. The highest BCUT2D eigenvalue weighted by Crippen LogP contribution is 2.44. The summed E-state index contributed by atoms with van der Waals surface area (Å²) < 4.78 is 0. The van der Waals surface area contributed by atoms with Crippen LogP contribution in [0.1, 0.15) is 22.3 Å². The second-order valence-electron chi connectivity index (χ2n) is 15.0. The van der Waals surface area contributed by atoms with Crippen LogP contribution in [0, 0.1) is 0 Å². The molecule has 0 unspecified atom stereocenters. The van der Waals surface area contributed by atoms with Crippen molar-refractivity contribution in [2.24, 2.45) is 0 Å². The fourth-order valence-electron chi connectivity index (χ4n) is 8.15. The fraction of sp³-hybridized carbons (Fsp3) is 0.0702. The Morgan fingerprint density at radius 2 is 0.707 bits per heavy atom. The van der Waals surface area contributed by atoms with Gasteiger partial charge in [0.1, 0.15) is 0 Å². The molecule has 0 amide bonds. The SMILES string of the molecule is c1ccc(CCc2cc(CCc3ccccc3)cc(-c3ccccc3-c3cnc(-c4ccccc4)cc3-c3ccc(-c4ccccc4)cc3-c3ccccc3)c2)cc1. The summed E-state index contributed by atoms with van der Waals surface area (Å²) >= 11 is 0. The van der Waals surface area contributed by atoms with Gasteiger partial charge in [-0.15, -0.1) is 0 Å². The minimum Gasteiger partial charge on any atom is -0.256 e. The van der Waals surface area contributed by atoms with Gasteiger partial charge in [0.25, 0.3) is 0 Å². The molecule has 9 rings (SSSR count). The Hall–Kier alpha value is -7.09. The second kappa shape index (κ2) is 17.4. The average molecular weight is 744 g/mol. The van der Waals surface area contributed by atoms with Crippen LogP contribution in [0.4, 0.5) is 0 Å².